The van der Waals surface area contributed by atoms with Crippen molar-refractivity contribution in [1.29, 1.82) is 0 Å². The fraction of sp³-hybridized carbons (Fsp3) is 0.500. The highest BCUT2D eigenvalue weighted by atomic mass is 16.2. The highest BCUT2D eigenvalue weighted by Gasteiger charge is 2.40. The van der Waals surface area contributed by atoms with E-state index in [0.717, 1.165) is 11.3 Å². The van der Waals surface area contributed by atoms with Gasteiger partial charge in [-0.05, 0) is 25.5 Å². The molecule has 0 bridgehead atoms. The number of nitrogens with one attached hydrogen (secondary N) is 1. The van der Waals surface area contributed by atoms with Gasteiger partial charge in [-0.2, -0.15) is 0 Å². The molecule has 4 amide bonds. The number of rotatable bonds is 2. The SMILES string of the molecule is CC(=O)N1CCN(C(=O)[C@@H]2CCN2C(=O)Nc2ccc(C)cc2)CC1. The van der Waals surface area contributed by atoms with Gasteiger partial charge in [0, 0.05) is 45.3 Å². The number of carbonyl (C=O) groups is 3. The van der Waals surface area contributed by atoms with Crippen molar-refractivity contribution in [3.63, 3.8) is 0 Å². The normalized spacial score (nSPS) is 20.1. The molecule has 134 valence electrons. The molecule has 1 N–H and O–H groups in total. The molecule has 0 radical (unpaired) electrons. The molecule has 0 spiro atoms. The predicted molar refractivity (Wildman–Crippen MR) is 94.1 cm³/mol. The van der Waals surface area contributed by atoms with E-state index in [1.807, 2.05) is 31.2 Å². The van der Waals surface area contributed by atoms with Gasteiger partial charge in [0.2, 0.25) is 11.8 Å². The van der Waals surface area contributed by atoms with E-state index >= 15 is 0 Å². The average molecular weight is 344 g/mol. The Kier molecular flexibility index (Phi) is 4.92. The minimum atomic E-state index is -0.394. The lowest BCUT2D eigenvalue weighted by molar-refractivity contribution is -0.144. The van der Waals surface area contributed by atoms with Crippen LogP contribution in [0.4, 0.5) is 10.5 Å². The van der Waals surface area contributed by atoms with Crippen LogP contribution in [0.1, 0.15) is 18.9 Å². The summed E-state index contributed by atoms with van der Waals surface area (Å²) in [5.74, 6) is 0.0170. The molecule has 3 rings (SSSR count). The van der Waals surface area contributed by atoms with Crippen molar-refractivity contribution in [2.75, 3.05) is 38.0 Å². The maximum Gasteiger partial charge on any atom is 0.322 e. The van der Waals surface area contributed by atoms with Crippen LogP contribution in [0.2, 0.25) is 0 Å². The minimum absolute atomic E-state index is 0.0199. The molecule has 0 saturated carbocycles. The summed E-state index contributed by atoms with van der Waals surface area (Å²) in [6.07, 6.45) is 0.688. The number of piperazine rings is 1. The molecule has 2 aliphatic rings. The Morgan fingerprint density at radius 3 is 2.08 bits per heavy atom. The Morgan fingerprint density at radius 2 is 1.56 bits per heavy atom. The molecular weight excluding hydrogens is 320 g/mol. The second-order valence-electron chi connectivity index (χ2n) is 6.63. The Bertz CT molecular complexity index is 665. The molecule has 2 fully saturated rings. The number of likely N-dealkylation sites (tertiary alicyclic amines) is 1. The molecular formula is C18H24N4O3. The van der Waals surface area contributed by atoms with Crippen molar-refractivity contribution in [3.8, 4) is 0 Å². The van der Waals surface area contributed by atoms with E-state index in [0.29, 0.717) is 39.1 Å². The fourth-order valence-electron chi connectivity index (χ4n) is 3.17. The lowest BCUT2D eigenvalue weighted by Crippen LogP contribution is -2.62. The van der Waals surface area contributed by atoms with Crippen LogP contribution >= 0.6 is 0 Å². The van der Waals surface area contributed by atoms with Gasteiger partial charge >= 0.3 is 6.03 Å². The quantitative estimate of drug-likeness (QED) is 0.879. The smallest absolute Gasteiger partial charge is 0.322 e. The number of amides is 4. The van der Waals surface area contributed by atoms with Gasteiger partial charge in [0.15, 0.2) is 0 Å². The van der Waals surface area contributed by atoms with E-state index in [4.69, 9.17) is 0 Å². The first kappa shape index (κ1) is 17.3. The van der Waals surface area contributed by atoms with Crippen molar-refractivity contribution >= 4 is 23.5 Å². The summed E-state index contributed by atoms with van der Waals surface area (Å²) in [5.41, 5.74) is 1.85. The van der Waals surface area contributed by atoms with Crippen LogP contribution < -0.4 is 5.32 Å². The number of benzene rings is 1. The van der Waals surface area contributed by atoms with Gasteiger partial charge in [-0.15, -0.1) is 0 Å². The maximum absolute atomic E-state index is 12.7. The highest BCUT2D eigenvalue weighted by Crippen LogP contribution is 2.22. The van der Waals surface area contributed by atoms with Gasteiger partial charge in [-0.1, -0.05) is 17.7 Å². The first-order valence-corrected chi connectivity index (χ1v) is 8.64. The maximum atomic E-state index is 12.7. The minimum Gasteiger partial charge on any atom is -0.339 e. The Labute approximate surface area is 147 Å². The number of urea groups is 1. The van der Waals surface area contributed by atoms with Crippen LogP contribution in [0, 0.1) is 6.92 Å². The molecule has 1 atom stereocenters. The largest absolute Gasteiger partial charge is 0.339 e. The number of hydrogen-bond donors (Lipinski definition) is 1. The summed E-state index contributed by atoms with van der Waals surface area (Å²) in [5, 5.41) is 2.84. The van der Waals surface area contributed by atoms with Gasteiger partial charge in [-0.3, -0.25) is 9.59 Å². The van der Waals surface area contributed by atoms with Crippen LogP contribution in [-0.4, -0.2) is 71.3 Å². The van der Waals surface area contributed by atoms with Crippen LogP contribution in [0.15, 0.2) is 24.3 Å². The van der Waals surface area contributed by atoms with Crippen LogP contribution in [0.25, 0.3) is 0 Å². The third kappa shape index (κ3) is 3.75. The number of carbonyl (C=O) groups excluding carboxylic acids is 3. The summed E-state index contributed by atoms with van der Waals surface area (Å²) in [7, 11) is 0. The molecule has 0 aromatic heterocycles. The molecule has 0 aliphatic carbocycles. The van der Waals surface area contributed by atoms with Gasteiger partial charge < -0.3 is 20.0 Å². The Hall–Kier alpha value is -2.57. The lowest BCUT2D eigenvalue weighted by Gasteiger charge is -2.43. The van der Waals surface area contributed by atoms with Gasteiger partial charge in [0.1, 0.15) is 6.04 Å². The Morgan fingerprint density at radius 1 is 0.960 bits per heavy atom. The fourth-order valence-corrected chi connectivity index (χ4v) is 3.17. The van der Waals surface area contributed by atoms with Crippen molar-refractivity contribution in [3.05, 3.63) is 29.8 Å². The van der Waals surface area contributed by atoms with Crippen molar-refractivity contribution < 1.29 is 14.4 Å². The molecule has 1 aromatic rings. The van der Waals surface area contributed by atoms with E-state index in [9.17, 15) is 14.4 Å². The highest BCUT2D eigenvalue weighted by molar-refractivity contribution is 5.95. The first-order chi connectivity index (χ1) is 12.0. The van der Waals surface area contributed by atoms with Crippen LogP contribution in [0.3, 0.4) is 0 Å². The molecule has 2 saturated heterocycles. The second kappa shape index (κ2) is 7.13. The van der Waals surface area contributed by atoms with Crippen LogP contribution in [0.5, 0.6) is 0 Å². The molecule has 1 aromatic carbocycles. The summed E-state index contributed by atoms with van der Waals surface area (Å²) in [6.45, 7) is 6.29. The lowest BCUT2D eigenvalue weighted by atomic mass is 10.0. The second-order valence-corrected chi connectivity index (χ2v) is 6.63. The third-order valence-electron chi connectivity index (χ3n) is 4.91. The standard InChI is InChI=1S/C18H24N4O3/c1-13-3-5-15(6-4-13)19-18(25)22-8-7-16(22)17(24)21-11-9-20(10-12-21)14(2)23/h3-6,16H,7-12H2,1-2H3,(H,19,25)/t16-/m0/s1. The van der Waals surface area contributed by atoms with E-state index < -0.39 is 6.04 Å². The third-order valence-corrected chi connectivity index (χ3v) is 4.91. The predicted octanol–water partition coefficient (Wildman–Crippen LogP) is 1.29. The number of nitrogens with zero attached hydrogens (tertiary/aromatic N) is 3. The summed E-state index contributed by atoms with van der Waals surface area (Å²) in [4.78, 5) is 41.5. The summed E-state index contributed by atoms with van der Waals surface area (Å²) >= 11 is 0. The monoisotopic (exact) mass is 344 g/mol. The number of anilines is 1. The number of aryl methyl sites for hydroxylation is 1. The van der Waals surface area contributed by atoms with Gasteiger partial charge in [0.25, 0.3) is 0 Å². The van der Waals surface area contributed by atoms with Crippen molar-refractivity contribution in [2.24, 2.45) is 0 Å². The van der Waals surface area contributed by atoms with Gasteiger partial charge in [0.05, 0.1) is 0 Å². The zero-order valence-electron chi connectivity index (χ0n) is 14.7. The number of hydrogen-bond acceptors (Lipinski definition) is 3. The van der Waals surface area contributed by atoms with E-state index in [1.165, 1.54) is 0 Å². The zero-order chi connectivity index (χ0) is 18.0. The average Bonchev–Trinajstić information content (AvgIpc) is 2.56. The molecule has 7 heteroatoms. The summed E-state index contributed by atoms with van der Waals surface area (Å²) < 4.78 is 0. The van der Waals surface area contributed by atoms with E-state index in [-0.39, 0.29) is 17.8 Å². The van der Waals surface area contributed by atoms with Crippen LogP contribution in [-0.2, 0) is 9.59 Å². The molecule has 2 aliphatic heterocycles. The summed E-state index contributed by atoms with van der Waals surface area (Å²) in [6, 6.07) is 6.94. The van der Waals surface area contributed by atoms with Crippen molar-refractivity contribution in [2.45, 2.75) is 26.3 Å². The molecule has 0 unspecified atom stereocenters. The Balaban J connectivity index is 1.55. The molecule has 2 heterocycles. The first-order valence-electron chi connectivity index (χ1n) is 8.64. The van der Waals surface area contributed by atoms with Crippen molar-refractivity contribution in [1.82, 2.24) is 14.7 Å². The zero-order valence-corrected chi connectivity index (χ0v) is 14.7. The molecule has 7 nitrogen and oxygen atoms in total. The van der Waals surface area contributed by atoms with E-state index in [1.54, 1.807) is 21.6 Å². The topological polar surface area (TPSA) is 73.0 Å². The van der Waals surface area contributed by atoms with E-state index in [2.05, 4.69) is 5.32 Å². The molecule has 25 heavy (non-hydrogen) atoms. The van der Waals surface area contributed by atoms with Gasteiger partial charge in [-0.25, -0.2) is 4.79 Å².